The normalized spacial score (nSPS) is 27.3. The first-order valence-corrected chi connectivity index (χ1v) is 7.39. The third-order valence-corrected chi connectivity index (χ3v) is 4.72. The standard InChI is InChI=1S/C15H18BrFO2/c1-10-4-6-15(19,7-5-10)14(18)8-11-2-3-12(17)9-13(11)16/h2-3,9-10,19H,4-8H2,1H3. The third kappa shape index (κ3) is 3.42. The van der Waals surface area contributed by atoms with E-state index in [2.05, 4.69) is 22.9 Å². The van der Waals surface area contributed by atoms with Crippen LogP contribution in [-0.2, 0) is 11.2 Å². The van der Waals surface area contributed by atoms with E-state index in [1.54, 1.807) is 6.07 Å². The number of hydrogen-bond acceptors (Lipinski definition) is 2. The van der Waals surface area contributed by atoms with Crippen LogP contribution in [0, 0.1) is 11.7 Å². The van der Waals surface area contributed by atoms with Crippen molar-refractivity contribution in [3.8, 4) is 0 Å². The van der Waals surface area contributed by atoms with Gasteiger partial charge in [0.25, 0.3) is 0 Å². The van der Waals surface area contributed by atoms with Crippen LogP contribution in [-0.4, -0.2) is 16.5 Å². The fraction of sp³-hybridized carbons (Fsp3) is 0.533. The number of hydrogen-bond donors (Lipinski definition) is 1. The number of carbonyl (C=O) groups is 1. The van der Waals surface area contributed by atoms with Crippen molar-refractivity contribution in [3.05, 3.63) is 34.1 Å². The van der Waals surface area contributed by atoms with Gasteiger partial charge < -0.3 is 5.11 Å². The summed E-state index contributed by atoms with van der Waals surface area (Å²) in [4.78, 5) is 12.3. The van der Waals surface area contributed by atoms with Crippen molar-refractivity contribution < 1.29 is 14.3 Å². The molecule has 1 aliphatic rings. The molecule has 0 aliphatic heterocycles. The largest absolute Gasteiger partial charge is 0.382 e. The number of halogens is 2. The lowest BCUT2D eigenvalue weighted by molar-refractivity contribution is -0.140. The Morgan fingerprint density at radius 2 is 2.11 bits per heavy atom. The van der Waals surface area contributed by atoms with Crippen molar-refractivity contribution >= 4 is 21.7 Å². The van der Waals surface area contributed by atoms with E-state index in [0.29, 0.717) is 23.2 Å². The van der Waals surface area contributed by atoms with Crippen molar-refractivity contribution in [1.29, 1.82) is 0 Å². The minimum Gasteiger partial charge on any atom is -0.382 e. The highest BCUT2D eigenvalue weighted by molar-refractivity contribution is 9.10. The Kier molecular flexibility index (Phi) is 4.41. The van der Waals surface area contributed by atoms with Crippen molar-refractivity contribution in [1.82, 2.24) is 0 Å². The molecule has 0 atom stereocenters. The summed E-state index contributed by atoms with van der Waals surface area (Å²) < 4.78 is 13.6. The van der Waals surface area contributed by atoms with E-state index in [9.17, 15) is 14.3 Å². The zero-order valence-corrected chi connectivity index (χ0v) is 12.5. The molecule has 1 aromatic rings. The van der Waals surface area contributed by atoms with Crippen LogP contribution in [0.25, 0.3) is 0 Å². The van der Waals surface area contributed by atoms with E-state index in [-0.39, 0.29) is 18.0 Å². The molecule has 1 saturated carbocycles. The number of ketones is 1. The highest BCUT2D eigenvalue weighted by Crippen LogP contribution is 2.33. The van der Waals surface area contributed by atoms with Crippen LogP contribution in [0.5, 0.6) is 0 Å². The van der Waals surface area contributed by atoms with E-state index >= 15 is 0 Å². The molecule has 2 rings (SSSR count). The average molecular weight is 329 g/mol. The molecule has 19 heavy (non-hydrogen) atoms. The zero-order valence-electron chi connectivity index (χ0n) is 11.0. The first kappa shape index (κ1) is 14.7. The summed E-state index contributed by atoms with van der Waals surface area (Å²) in [7, 11) is 0. The topological polar surface area (TPSA) is 37.3 Å². The second-order valence-corrected chi connectivity index (χ2v) is 6.40. The quantitative estimate of drug-likeness (QED) is 0.919. The smallest absolute Gasteiger partial charge is 0.168 e. The summed E-state index contributed by atoms with van der Waals surface area (Å²) in [6.45, 7) is 2.14. The van der Waals surface area contributed by atoms with Crippen LogP contribution in [0.1, 0.15) is 38.2 Å². The molecule has 0 radical (unpaired) electrons. The fourth-order valence-corrected chi connectivity index (χ4v) is 3.01. The summed E-state index contributed by atoms with van der Waals surface area (Å²) in [5, 5.41) is 10.4. The van der Waals surface area contributed by atoms with Gasteiger partial charge >= 0.3 is 0 Å². The van der Waals surface area contributed by atoms with Gasteiger partial charge in [-0.3, -0.25) is 4.79 Å². The molecule has 0 bridgehead atoms. The average Bonchev–Trinajstić information content (AvgIpc) is 2.36. The minimum atomic E-state index is -1.19. The maximum Gasteiger partial charge on any atom is 0.168 e. The highest BCUT2D eigenvalue weighted by atomic mass is 79.9. The predicted molar refractivity (Wildman–Crippen MR) is 75.4 cm³/mol. The van der Waals surface area contributed by atoms with Gasteiger partial charge in [-0.25, -0.2) is 4.39 Å². The Hall–Kier alpha value is -0.740. The maximum absolute atomic E-state index is 13.0. The van der Waals surface area contributed by atoms with Crippen molar-refractivity contribution in [2.45, 2.75) is 44.6 Å². The van der Waals surface area contributed by atoms with Crippen LogP contribution in [0.2, 0.25) is 0 Å². The van der Waals surface area contributed by atoms with Gasteiger partial charge in [0, 0.05) is 10.9 Å². The van der Waals surface area contributed by atoms with Gasteiger partial charge in [-0.15, -0.1) is 0 Å². The second-order valence-electron chi connectivity index (χ2n) is 5.55. The summed E-state index contributed by atoms with van der Waals surface area (Å²) in [5.74, 6) is 0.0746. The monoisotopic (exact) mass is 328 g/mol. The van der Waals surface area contributed by atoms with Crippen molar-refractivity contribution in [3.63, 3.8) is 0 Å². The lowest BCUT2D eigenvalue weighted by atomic mass is 9.76. The molecule has 1 aliphatic carbocycles. The molecule has 104 valence electrons. The van der Waals surface area contributed by atoms with Gasteiger partial charge in [-0.05, 0) is 49.3 Å². The minimum absolute atomic E-state index is 0.145. The van der Waals surface area contributed by atoms with E-state index in [0.717, 1.165) is 18.4 Å². The number of carbonyl (C=O) groups excluding carboxylic acids is 1. The molecule has 0 aromatic heterocycles. The Bertz CT molecular complexity index is 479. The van der Waals surface area contributed by atoms with Crippen LogP contribution in [0.15, 0.2) is 22.7 Å². The predicted octanol–water partition coefficient (Wildman–Crippen LogP) is 3.64. The third-order valence-electron chi connectivity index (χ3n) is 3.99. The van der Waals surface area contributed by atoms with E-state index in [1.807, 2.05) is 0 Å². The number of rotatable bonds is 3. The first-order valence-electron chi connectivity index (χ1n) is 6.60. The molecule has 0 saturated heterocycles. The SMILES string of the molecule is CC1CCC(O)(C(=O)Cc2ccc(F)cc2Br)CC1. The first-order chi connectivity index (χ1) is 8.90. The van der Waals surface area contributed by atoms with Crippen molar-refractivity contribution in [2.75, 3.05) is 0 Å². The Morgan fingerprint density at radius 1 is 1.47 bits per heavy atom. The van der Waals surface area contributed by atoms with Gasteiger partial charge in [0.2, 0.25) is 0 Å². The molecule has 1 N–H and O–H groups in total. The molecular weight excluding hydrogens is 311 g/mol. The molecule has 2 nitrogen and oxygen atoms in total. The fourth-order valence-electron chi connectivity index (χ4n) is 2.52. The summed E-state index contributed by atoms with van der Waals surface area (Å²) in [6.07, 6.45) is 2.98. The van der Waals surface area contributed by atoms with Crippen LogP contribution in [0.3, 0.4) is 0 Å². The van der Waals surface area contributed by atoms with Gasteiger partial charge in [0.1, 0.15) is 11.4 Å². The van der Waals surface area contributed by atoms with Crippen LogP contribution >= 0.6 is 15.9 Å². The van der Waals surface area contributed by atoms with E-state index in [1.165, 1.54) is 12.1 Å². The number of benzene rings is 1. The maximum atomic E-state index is 13.0. The van der Waals surface area contributed by atoms with Gasteiger partial charge in [-0.2, -0.15) is 0 Å². The Labute approximate surface area is 121 Å². The molecular formula is C15H18BrFO2. The molecule has 1 aromatic carbocycles. The summed E-state index contributed by atoms with van der Waals surface area (Å²) in [5.41, 5.74) is -0.473. The lowest BCUT2D eigenvalue weighted by Gasteiger charge is -2.33. The summed E-state index contributed by atoms with van der Waals surface area (Å²) in [6, 6.07) is 4.27. The van der Waals surface area contributed by atoms with Crippen LogP contribution in [0.4, 0.5) is 4.39 Å². The molecule has 0 unspecified atom stereocenters. The number of aliphatic hydroxyl groups is 1. The summed E-state index contributed by atoms with van der Waals surface area (Å²) >= 11 is 3.25. The highest BCUT2D eigenvalue weighted by Gasteiger charge is 2.38. The molecule has 1 fully saturated rings. The van der Waals surface area contributed by atoms with Gasteiger partial charge in [0.15, 0.2) is 5.78 Å². The molecule has 4 heteroatoms. The van der Waals surface area contributed by atoms with Gasteiger partial charge in [-0.1, -0.05) is 28.9 Å². The Balaban J connectivity index is 2.08. The van der Waals surface area contributed by atoms with Gasteiger partial charge in [0.05, 0.1) is 0 Å². The Morgan fingerprint density at radius 3 is 2.68 bits per heavy atom. The lowest BCUT2D eigenvalue weighted by Crippen LogP contribution is -2.42. The van der Waals surface area contributed by atoms with Crippen LogP contribution < -0.4 is 0 Å². The molecule has 0 spiro atoms. The second kappa shape index (κ2) is 5.71. The molecule has 0 amide bonds. The van der Waals surface area contributed by atoms with E-state index < -0.39 is 5.60 Å². The van der Waals surface area contributed by atoms with E-state index in [4.69, 9.17) is 0 Å². The number of Topliss-reactive ketones (excluding diaryl/α,β-unsaturated/α-hetero) is 1. The molecule has 0 heterocycles. The van der Waals surface area contributed by atoms with Crippen molar-refractivity contribution in [2.24, 2.45) is 5.92 Å². The zero-order chi connectivity index (χ0) is 14.0.